The fourth-order valence-electron chi connectivity index (χ4n) is 7.95. The third-order valence-corrected chi connectivity index (χ3v) is 13.2. The summed E-state index contributed by atoms with van der Waals surface area (Å²) in [7, 11) is -4.62. The zero-order chi connectivity index (χ0) is 45.2. The van der Waals surface area contributed by atoms with Crippen LogP contribution < -0.4 is 15.3 Å². The number of halogens is 3. The van der Waals surface area contributed by atoms with Crippen LogP contribution in [0.2, 0.25) is 0 Å². The predicted octanol–water partition coefficient (Wildman–Crippen LogP) is 10.7. The number of nitrogen functional groups attached to an aromatic ring is 1. The Morgan fingerprint density at radius 2 is 1.54 bits per heavy atom. The molecular weight excluding hydrogens is 837 g/mol. The maximum Gasteiger partial charge on any atom is 0.459 e. The first-order valence-corrected chi connectivity index (χ1v) is 24.3. The summed E-state index contributed by atoms with van der Waals surface area (Å²) in [6.45, 7) is 5.52. The summed E-state index contributed by atoms with van der Waals surface area (Å²) in [5.74, 6) is -2.44. The van der Waals surface area contributed by atoms with E-state index in [9.17, 15) is 27.6 Å². The first kappa shape index (κ1) is 49.9. The first-order chi connectivity index (χ1) is 30.3. The summed E-state index contributed by atoms with van der Waals surface area (Å²) in [6, 6.07) is 9.57. The van der Waals surface area contributed by atoms with E-state index in [1.807, 2.05) is 0 Å². The molecule has 1 aliphatic heterocycles. The normalized spacial score (nSPS) is 19.1. The van der Waals surface area contributed by atoms with Crippen LogP contribution in [-0.4, -0.2) is 61.6 Å². The number of fused-ring (bicyclic) bond motifs is 1. The van der Waals surface area contributed by atoms with Gasteiger partial charge in [0, 0.05) is 12.5 Å². The molecule has 1 fully saturated rings. The number of rotatable bonds is 29. The molecule has 13 nitrogen and oxygen atoms in total. The van der Waals surface area contributed by atoms with Gasteiger partial charge in [0.05, 0.1) is 25.6 Å². The van der Waals surface area contributed by atoms with Gasteiger partial charge in [-0.1, -0.05) is 122 Å². The number of anilines is 1. The monoisotopic (exact) mass is 902 g/mol. The highest BCUT2D eigenvalue weighted by Crippen LogP contribution is 2.48. The van der Waals surface area contributed by atoms with E-state index in [2.05, 4.69) is 33.9 Å². The van der Waals surface area contributed by atoms with Crippen molar-refractivity contribution in [3.63, 3.8) is 0 Å². The standard InChI is InChI=1S/C46H66F3N6O7P/c1-4-6-8-10-12-14-17-21-33(22-18-15-13-11-9-7-5-2)30-59-44(57)38(27-34-25-35(47)28-36(48)26-34)54-63(58,62-37-23-19-16-20-24-37)60-31-46(3)39(56)29-40(61-46)55-32-51-41-42(50)52-45(49)53-43(41)55/h16,19-20,23-26,28,32-33,38-40,56H,4-15,17-18,21-22,27,29-31H2,1-3H3,(H,54,58)(H2,50,52,53)/t38-,39-,40+,46+,63-/m0/s1. The minimum atomic E-state index is -4.62. The van der Waals surface area contributed by atoms with Crippen molar-refractivity contribution in [1.82, 2.24) is 24.6 Å². The highest BCUT2D eigenvalue weighted by molar-refractivity contribution is 7.52. The lowest BCUT2D eigenvalue weighted by Crippen LogP contribution is -2.43. The SMILES string of the molecule is CCCCCCCCCC(CCCCCCCCC)COC(=O)[C@H](Cc1cc(F)cc(F)c1)N[P@](=O)(OC[C@@]1(C)O[C@@H](n2cnc3c(N)nc(F)nc32)C[C@@H]1O)Oc1ccccc1. The van der Waals surface area contributed by atoms with Gasteiger partial charge < -0.3 is 24.8 Å². The molecule has 0 unspecified atom stereocenters. The van der Waals surface area contributed by atoms with Crippen molar-refractivity contribution in [3.05, 3.63) is 78.1 Å². The summed E-state index contributed by atoms with van der Waals surface area (Å²) in [4.78, 5) is 25.7. The number of unbranched alkanes of at least 4 members (excludes halogenated alkanes) is 12. The molecule has 0 saturated carbocycles. The Morgan fingerprint density at radius 3 is 2.16 bits per heavy atom. The Hall–Kier alpha value is -4.08. The summed E-state index contributed by atoms with van der Waals surface area (Å²) in [5.41, 5.74) is 4.61. The van der Waals surface area contributed by atoms with Gasteiger partial charge in [0.15, 0.2) is 17.0 Å². The van der Waals surface area contributed by atoms with E-state index in [1.54, 1.807) is 30.3 Å². The van der Waals surface area contributed by atoms with Crippen LogP contribution in [0.5, 0.6) is 5.75 Å². The molecule has 2 aromatic heterocycles. The Balaban J connectivity index is 1.33. The number of aliphatic hydroxyl groups excluding tert-OH is 1. The molecule has 348 valence electrons. The topological polar surface area (TPSA) is 173 Å². The zero-order valence-electron chi connectivity index (χ0n) is 37.0. The van der Waals surface area contributed by atoms with Gasteiger partial charge in [-0.3, -0.25) is 13.9 Å². The number of aromatic nitrogens is 4. The lowest BCUT2D eigenvalue weighted by molar-refractivity contribution is -0.147. The number of nitrogens with one attached hydrogen (secondary N) is 1. The summed E-state index contributed by atoms with van der Waals surface area (Å²) in [6.07, 6.45) is 15.8. The van der Waals surface area contributed by atoms with Crippen molar-refractivity contribution >= 4 is 30.7 Å². The maximum absolute atomic E-state index is 14.9. The van der Waals surface area contributed by atoms with Crippen molar-refractivity contribution in [2.75, 3.05) is 18.9 Å². The Kier molecular flexibility index (Phi) is 19.7. The fourth-order valence-corrected chi connectivity index (χ4v) is 9.54. The van der Waals surface area contributed by atoms with Crippen molar-refractivity contribution in [2.24, 2.45) is 5.92 Å². The number of hydrogen-bond acceptors (Lipinski definition) is 11. The van der Waals surface area contributed by atoms with E-state index >= 15 is 0 Å². The van der Waals surface area contributed by atoms with Crippen molar-refractivity contribution in [2.45, 2.75) is 160 Å². The third kappa shape index (κ3) is 15.6. The third-order valence-electron chi connectivity index (χ3n) is 11.6. The van der Waals surface area contributed by atoms with Crippen molar-refractivity contribution in [3.8, 4) is 5.75 Å². The number of para-hydroxylation sites is 1. The fraction of sp³-hybridized carbons (Fsp3) is 0.609. The van der Waals surface area contributed by atoms with E-state index in [-0.39, 0.29) is 53.7 Å². The molecule has 2 aromatic carbocycles. The highest BCUT2D eigenvalue weighted by Gasteiger charge is 2.48. The number of imidazole rings is 1. The van der Waals surface area contributed by atoms with Crippen LogP contribution in [0.15, 0.2) is 54.9 Å². The molecule has 0 radical (unpaired) electrons. The predicted molar refractivity (Wildman–Crippen MR) is 236 cm³/mol. The molecule has 1 saturated heterocycles. The van der Waals surface area contributed by atoms with Crippen LogP contribution >= 0.6 is 7.75 Å². The minimum Gasteiger partial charge on any atom is -0.464 e. The average molecular weight is 903 g/mol. The van der Waals surface area contributed by atoms with Gasteiger partial charge in [0.2, 0.25) is 0 Å². The number of nitrogens with zero attached hydrogens (tertiary/aromatic N) is 4. The zero-order valence-corrected chi connectivity index (χ0v) is 37.9. The number of esters is 1. The van der Waals surface area contributed by atoms with Gasteiger partial charge in [-0.15, -0.1) is 0 Å². The number of carbonyl (C=O) groups is 1. The number of hydrogen-bond donors (Lipinski definition) is 3. The van der Waals surface area contributed by atoms with E-state index in [0.717, 1.165) is 69.6 Å². The van der Waals surface area contributed by atoms with Gasteiger partial charge in [0.25, 0.3) is 0 Å². The van der Waals surface area contributed by atoms with E-state index in [4.69, 9.17) is 24.3 Å². The maximum atomic E-state index is 14.9. The number of nitrogens with two attached hydrogens (primary N) is 1. The molecule has 5 rings (SSSR count). The second-order valence-electron chi connectivity index (χ2n) is 17.0. The number of carbonyl (C=O) groups excluding carboxylic acids is 1. The van der Waals surface area contributed by atoms with Gasteiger partial charge >= 0.3 is 19.8 Å². The van der Waals surface area contributed by atoms with Crippen LogP contribution in [0.25, 0.3) is 11.2 Å². The molecule has 4 N–H and O–H groups in total. The van der Waals surface area contributed by atoms with Crippen LogP contribution in [0.4, 0.5) is 19.0 Å². The molecule has 0 aliphatic carbocycles. The first-order valence-electron chi connectivity index (χ1n) is 22.7. The molecule has 0 spiro atoms. The Morgan fingerprint density at radius 1 is 0.937 bits per heavy atom. The Bertz CT molecular complexity index is 2030. The molecule has 0 bridgehead atoms. The van der Waals surface area contributed by atoms with Crippen LogP contribution in [0, 0.1) is 23.6 Å². The molecule has 63 heavy (non-hydrogen) atoms. The molecule has 1 aliphatic rings. The summed E-state index contributed by atoms with van der Waals surface area (Å²) in [5, 5.41) is 14.1. The second-order valence-corrected chi connectivity index (χ2v) is 18.7. The van der Waals surface area contributed by atoms with Gasteiger partial charge in [0.1, 0.15) is 35.3 Å². The molecular formula is C46H66F3N6O7P. The lowest BCUT2D eigenvalue weighted by Gasteiger charge is -2.31. The molecule has 4 aromatic rings. The van der Waals surface area contributed by atoms with Gasteiger partial charge in [-0.25, -0.2) is 18.3 Å². The van der Waals surface area contributed by atoms with E-state index in [0.29, 0.717) is 0 Å². The van der Waals surface area contributed by atoms with E-state index < -0.39 is 62.0 Å². The molecule has 17 heteroatoms. The summed E-state index contributed by atoms with van der Waals surface area (Å²) < 4.78 is 83.7. The Labute approximate surface area is 369 Å². The number of ether oxygens (including phenoxy) is 2. The van der Waals surface area contributed by atoms with Crippen molar-refractivity contribution < 1.29 is 46.2 Å². The lowest BCUT2D eigenvalue weighted by atomic mass is 9.94. The quantitative estimate of drug-likeness (QED) is 0.0204. The van der Waals surface area contributed by atoms with Crippen LogP contribution in [0.3, 0.4) is 0 Å². The number of aliphatic hydroxyl groups is 1. The average Bonchev–Trinajstić information content (AvgIpc) is 3.80. The molecule has 3 heterocycles. The van der Waals surface area contributed by atoms with Crippen molar-refractivity contribution in [1.29, 1.82) is 0 Å². The largest absolute Gasteiger partial charge is 0.464 e. The van der Waals surface area contributed by atoms with Crippen LogP contribution in [-0.2, 0) is 29.8 Å². The smallest absolute Gasteiger partial charge is 0.459 e. The van der Waals surface area contributed by atoms with Crippen LogP contribution in [0.1, 0.15) is 142 Å². The number of benzene rings is 2. The second kappa shape index (κ2) is 24.8. The summed E-state index contributed by atoms with van der Waals surface area (Å²) >= 11 is 0. The highest BCUT2D eigenvalue weighted by atomic mass is 31.2. The molecule has 5 atom stereocenters. The van der Waals surface area contributed by atoms with Gasteiger partial charge in [-0.2, -0.15) is 19.4 Å². The molecule has 0 amide bonds. The minimum absolute atomic E-state index is 0.0207. The van der Waals surface area contributed by atoms with Gasteiger partial charge in [-0.05, 0) is 61.9 Å². The van der Waals surface area contributed by atoms with E-state index in [1.165, 1.54) is 69.2 Å².